The van der Waals surface area contributed by atoms with E-state index in [1.807, 2.05) is 0 Å². The lowest BCUT2D eigenvalue weighted by atomic mass is 11.1. The average molecular weight is 94.1 g/mol. The van der Waals surface area contributed by atoms with Crippen molar-refractivity contribution in [2.45, 2.75) is 0 Å². The minimum absolute atomic E-state index is 0.257. The molecule has 0 saturated carbocycles. The standard InChI is InChI=1S/C2H3FOS/c3-1-2-4-5/h1-2,5H. The van der Waals surface area contributed by atoms with Crippen LogP contribution in [0.4, 0.5) is 4.39 Å². The molecule has 3 heteroatoms. The third-order valence-electron chi connectivity index (χ3n) is 0.112. The topological polar surface area (TPSA) is 9.23 Å². The van der Waals surface area contributed by atoms with Crippen molar-refractivity contribution in [1.29, 1.82) is 0 Å². The van der Waals surface area contributed by atoms with Gasteiger partial charge < -0.3 is 4.18 Å². The van der Waals surface area contributed by atoms with Crippen LogP contribution >= 0.6 is 12.9 Å². The van der Waals surface area contributed by atoms with Crippen LogP contribution in [-0.2, 0) is 4.18 Å². The van der Waals surface area contributed by atoms with Crippen LogP contribution in [0, 0.1) is 0 Å². The molecule has 0 unspecified atom stereocenters. The minimum atomic E-state index is 0.257. The summed E-state index contributed by atoms with van der Waals surface area (Å²) in [6.45, 7) is 0. The van der Waals surface area contributed by atoms with E-state index in [9.17, 15) is 4.39 Å². The summed E-state index contributed by atoms with van der Waals surface area (Å²) in [7, 11) is 0. The van der Waals surface area contributed by atoms with E-state index in [1.165, 1.54) is 0 Å². The number of hydrogen-bond donors (Lipinski definition) is 1. The largest absolute Gasteiger partial charge is 0.434 e. The van der Waals surface area contributed by atoms with E-state index in [0.29, 0.717) is 0 Å². The second-order valence-corrected chi connectivity index (χ2v) is 0.578. The van der Waals surface area contributed by atoms with Gasteiger partial charge in [0.1, 0.15) is 12.6 Å². The van der Waals surface area contributed by atoms with Crippen molar-refractivity contribution in [3.05, 3.63) is 12.6 Å². The number of hydrogen-bond acceptors (Lipinski definition) is 2. The molecule has 0 aromatic carbocycles. The first kappa shape index (κ1) is 4.82. The van der Waals surface area contributed by atoms with Crippen LogP contribution in [0.15, 0.2) is 12.6 Å². The van der Waals surface area contributed by atoms with Gasteiger partial charge in [-0.15, -0.1) is 0 Å². The van der Waals surface area contributed by atoms with E-state index in [2.05, 4.69) is 17.1 Å². The first-order valence-electron chi connectivity index (χ1n) is 0.970. The van der Waals surface area contributed by atoms with Crippen LogP contribution in [0.5, 0.6) is 0 Å². The summed E-state index contributed by atoms with van der Waals surface area (Å²) in [5, 5.41) is 0. The van der Waals surface area contributed by atoms with Gasteiger partial charge in [-0.2, -0.15) is 0 Å². The predicted octanol–water partition coefficient (Wildman–Crippen LogP) is 1.29. The second-order valence-electron chi connectivity index (χ2n) is 0.367. The van der Waals surface area contributed by atoms with E-state index in [4.69, 9.17) is 0 Å². The van der Waals surface area contributed by atoms with Crippen molar-refractivity contribution in [3.8, 4) is 0 Å². The van der Waals surface area contributed by atoms with Crippen LogP contribution in [0.1, 0.15) is 0 Å². The van der Waals surface area contributed by atoms with Crippen molar-refractivity contribution in [1.82, 2.24) is 0 Å². The maximum atomic E-state index is 10.6. The van der Waals surface area contributed by atoms with E-state index in [1.54, 1.807) is 0 Å². The molecular weight excluding hydrogens is 91.1 g/mol. The highest BCUT2D eigenvalue weighted by atomic mass is 32.1. The van der Waals surface area contributed by atoms with Crippen LogP contribution < -0.4 is 0 Å². The average Bonchev–Trinajstić information content (AvgIpc) is 1.41. The van der Waals surface area contributed by atoms with E-state index >= 15 is 0 Å². The molecule has 0 aliphatic carbocycles. The fourth-order valence-corrected chi connectivity index (χ4v) is 0.0690. The molecule has 1 nitrogen and oxygen atoms in total. The fraction of sp³-hybridized carbons (Fsp3) is 0. The summed E-state index contributed by atoms with van der Waals surface area (Å²) < 4.78 is 14.5. The summed E-state index contributed by atoms with van der Waals surface area (Å²) in [5.74, 6) is 0. The Bertz CT molecular complexity index is 36.6. The Hall–Kier alpha value is -0.180. The lowest BCUT2D eigenvalue weighted by molar-refractivity contribution is 0.549. The predicted molar refractivity (Wildman–Crippen MR) is 20.3 cm³/mol. The van der Waals surface area contributed by atoms with E-state index in [0.717, 1.165) is 6.26 Å². The quantitative estimate of drug-likeness (QED) is 0.292. The smallest absolute Gasteiger partial charge is 0.129 e. The molecule has 0 amide bonds. The number of thiol groups is 1. The lowest BCUT2D eigenvalue weighted by Gasteiger charge is -1.71. The highest BCUT2D eigenvalue weighted by molar-refractivity contribution is 7.75. The molecule has 0 saturated heterocycles. The highest BCUT2D eigenvalue weighted by Gasteiger charge is 1.52. The maximum absolute atomic E-state index is 10.6. The molecule has 0 spiro atoms. The molecule has 0 aliphatic heterocycles. The summed E-state index contributed by atoms with van der Waals surface area (Å²) in [6.07, 6.45) is 1.08. The van der Waals surface area contributed by atoms with Crippen molar-refractivity contribution < 1.29 is 8.57 Å². The van der Waals surface area contributed by atoms with Crippen molar-refractivity contribution in [2.75, 3.05) is 0 Å². The summed E-state index contributed by atoms with van der Waals surface area (Å²) in [5.41, 5.74) is 0. The van der Waals surface area contributed by atoms with Gasteiger partial charge in [-0.3, -0.25) is 0 Å². The molecule has 0 rings (SSSR count). The van der Waals surface area contributed by atoms with Crippen LogP contribution in [0.2, 0.25) is 0 Å². The second kappa shape index (κ2) is 3.82. The Labute approximate surface area is 35.1 Å². The van der Waals surface area contributed by atoms with Gasteiger partial charge in [-0.25, -0.2) is 4.39 Å². The zero-order valence-corrected chi connectivity index (χ0v) is 3.28. The van der Waals surface area contributed by atoms with E-state index < -0.39 is 0 Å². The zero-order valence-electron chi connectivity index (χ0n) is 2.39. The Balaban J connectivity index is 2.62. The first-order chi connectivity index (χ1) is 2.41. The van der Waals surface area contributed by atoms with Crippen LogP contribution in [0.3, 0.4) is 0 Å². The van der Waals surface area contributed by atoms with Gasteiger partial charge in [0.15, 0.2) is 0 Å². The molecule has 0 N–H and O–H groups in total. The Morgan fingerprint density at radius 3 is 2.40 bits per heavy atom. The van der Waals surface area contributed by atoms with Gasteiger partial charge in [-0.1, -0.05) is 0 Å². The van der Waals surface area contributed by atoms with Gasteiger partial charge >= 0.3 is 0 Å². The van der Waals surface area contributed by atoms with Gasteiger partial charge in [0, 0.05) is 12.9 Å². The van der Waals surface area contributed by atoms with Crippen molar-refractivity contribution in [2.24, 2.45) is 0 Å². The molecule has 0 radical (unpaired) electrons. The third kappa shape index (κ3) is 3.82. The molecule has 0 bridgehead atoms. The molecule has 0 fully saturated rings. The first-order valence-corrected chi connectivity index (χ1v) is 1.33. The van der Waals surface area contributed by atoms with Gasteiger partial charge in [0.05, 0.1) is 0 Å². The van der Waals surface area contributed by atoms with Crippen LogP contribution in [0.25, 0.3) is 0 Å². The molecule has 30 valence electrons. The molecular formula is C2H3FOS. The van der Waals surface area contributed by atoms with Crippen molar-refractivity contribution in [3.63, 3.8) is 0 Å². The van der Waals surface area contributed by atoms with Gasteiger partial charge in [0.2, 0.25) is 0 Å². The van der Waals surface area contributed by atoms with E-state index in [-0.39, 0.29) is 6.33 Å². The highest BCUT2D eigenvalue weighted by Crippen LogP contribution is 1.78. The molecule has 0 heterocycles. The summed E-state index contributed by atoms with van der Waals surface area (Å²) in [4.78, 5) is 0. The summed E-state index contributed by atoms with van der Waals surface area (Å²) in [6, 6.07) is 0. The molecule has 0 aromatic rings. The molecule has 0 aromatic heterocycles. The molecule has 0 atom stereocenters. The Morgan fingerprint density at radius 1 is 1.80 bits per heavy atom. The minimum Gasteiger partial charge on any atom is -0.434 e. The maximum Gasteiger partial charge on any atom is 0.129 e. The Morgan fingerprint density at radius 2 is 2.40 bits per heavy atom. The van der Waals surface area contributed by atoms with Crippen LogP contribution in [-0.4, -0.2) is 0 Å². The lowest BCUT2D eigenvalue weighted by Crippen LogP contribution is -1.44. The monoisotopic (exact) mass is 94.0 g/mol. The number of halogens is 1. The third-order valence-corrected chi connectivity index (χ3v) is 0.234. The Kier molecular flexibility index (Phi) is 3.68. The normalized spacial score (nSPS) is 9.20. The van der Waals surface area contributed by atoms with Crippen molar-refractivity contribution >= 4 is 12.9 Å². The molecule has 5 heavy (non-hydrogen) atoms. The summed E-state index contributed by atoms with van der Waals surface area (Å²) >= 11 is 3.17. The van der Waals surface area contributed by atoms with Gasteiger partial charge in [0.25, 0.3) is 0 Å². The fourth-order valence-electron chi connectivity index (χ4n) is 0.0230. The number of rotatable bonds is 1. The SMILES string of the molecule is FC=COS. The zero-order chi connectivity index (χ0) is 4.12. The molecule has 0 aliphatic rings. The van der Waals surface area contributed by atoms with Gasteiger partial charge in [-0.05, 0) is 0 Å².